The number of nitrogens with one attached hydrogen (secondary N) is 1. The lowest BCUT2D eigenvalue weighted by atomic mass is 10.1. The van der Waals surface area contributed by atoms with Gasteiger partial charge < -0.3 is 9.87 Å². The van der Waals surface area contributed by atoms with E-state index in [1.165, 1.54) is 26.2 Å². The molecule has 0 aliphatic carbocycles. The number of carbonyl (C=O) groups is 1. The Kier molecular flexibility index (Phi) is 4.76. The fourth-order valence-corrected chi connectivity index (χ4v) is 2.51. The fourth-order valence-electron chi connectivity index (χ4n) is 1.99. The molecular weight excluding hydrogens is 340 g/mol. The quantitative estimate of drug-likeness (QED) is 0.675. The summed E-state index contributed by atoms with van der Waals surface area (Å²) in [4.78, 5) is 12.4. The minimum Gasteiger partial charge on any atom is -0.701 e. The molecule has 0 fully saturated rings. The van der Waals surface area contributed by atoms with Gasteiger partial charge in [-0.1, -0.05) is 23.7 Å². The van der Waals surface area contributed by atoms with Gasteiger partial charge >= 0.3 is 0 Å². The lowest BCUT2D eigenvalue weighted by molar-refractivity contribution is 0.102. The third-order valence-electron chi connectivity index (χ3n) is 3.39. The zero-order chi connectivity index (χ0) is 17.3. The molecule has 2 rings (SSSR count). The third kappa shape index (κ3) is 3.70. The molecule has 6 nitrogen and oxygen atoms in total. The number of nitrogens with zero attached hydrogens (tertiary/aromatic N) is 1. The highest BCUT2D eigenvalue weighted by Gasteiger charge is 2.31. The highest BCUT2D eigenvalue weighted by Crippen LogP contribution is 2.27. The van der Waals surface area contributed by atoms with E-state index < -0.39 is 20.1 Å². The lowest BCUT2D eigenvalue weighted by Gasteiger charge is -2.31. The molecule has 0 aliphatic rings. The maximum Gasteiger partial charge on any atom is 0.261 e. The molecule has 0 saturated heterocycles. The number of rotatable bonds is 4. The van der Waals surface area contributed by atoms with E-state index in [-0.39, 0.29) is 11.3 Å². The molecule has 0 unspecified atom stereocenters. The van der Waals surface area contributed by atoms with E-state index in [4.69, 9.17) is 11.6 Å². The van der Waals surface area contributed by atoms with Crippen LogP contribution in [0.5, 0.6) is 0 Å². The highest BCUT2D eigenvalue weighted by molar-refractivity contribution is 7.85. The van der Waals surface area contributed by atoms with Crippen molar-refractivity contribution < 1.29 is 17.8 Å². The Morgan fingerprint density at radius 1 is 1.09 bits per heavy atom. The Balaban J connectivity index is 2.41. The van der Waals surface area contributed by atoms with Crippen LogP contribution in [0.3, 0.4) is 0 Å². The van der Waals surface area contributed by atoms with Crippen LogP contribution in [0.2, 0.25) is 5.02 Å². The Morgan fingerprint density at radius 2 is 1.65 bits per heavy atom. The molecule has 122 valence electrons. The van der Waals surface area contributed by atoms with Crippen LogP contribution in [0.25, 0.3) is 0 Å². The molecule has 23 heavy (non-hydrogen) atoms. The van der Waals surface area contributed by atoms with Crippen LogP contribution in [0.15, 0.2) is 48.5 Å². The summed E-state index contributed by atoms with van der Waals surface area (Å²) in [5, 5.41) is 3.17. The van der Waals surface area contributed by atoms with Crippen molar-refractivity contribution in [1.82, 2.24) is 3.89 Å². The van der Waals surface area contributed by atoms with Crippen molar-refractivity contribution in [1.29, 1.82) is 0 Å². The number of benzene rings is 2. The molecule has 2 aromatic rings. The molecule has 0 atom stereocenters. The van der Waals surface area contributed by atoms with E-state index >= 15 is 0 Å². The standard InChI is InChI=1S/C15H15ClN2O4S/c1-18(2,23(20,21)22)14-6-4-3-5-13(14)15(19)17-12-9-7-11(16)8-10-12/h3-10H,1-2H3,(H-,17,19,20,21,22). The predicted octanol–water partition coefficient (Wildman–Crippen LogP) is 2.62. The van der Waals surface area contributed by atoms with Crippen molar-refractivity contribution >= 4 is 39.2 Å². The van der Waals surface area contributed by atoms with E-state index in [0.29, 0.717) is 10.7 Å². The van der Waals surface area contributed by atoms with Crippen LogP contribution < -0.4 is 9.21 Å². The van der Waals surface area contributed by atoms with Crippen molar-refractivity contribution in [2.45, 2.75) is 0 Å². The van der Waals surface area contributed by atoms with Gasteiger partial charge in [-0.05, 0) is 30.3 Å². The third-order valence-corrected chi connectivity index (χ3v) is 4.96. The molecule has 0 aliphatic heterocycles. The maximum absolute atomic E-state index is 12.4. The molecule has 2 aromatic carbocycles. The smallest absolute Gasteiger partial charge is 0.261 e. The lowest BCUT2D eigenvalue weighted by Crippen LogP contribution is -2.47. The van der Waals surface area contributed by atoms with Gasteiger partial charge in [0.2, 0.25) is 0 Å². The van der Waals surface area contributed by atoms with Gasteiger partial charge in [0.1, 0.15) is 5.56 Å². The Morgan fingerprint density at radius 3 is 2.22 bits per heavy atom. The molecule has 0 aromatic heterocycles. The Bertz CT molecular complexity index is 833. The van der Waals surface area contributed by atoms with Gasteiger partial charge in [-0.15, -0.1) is 0 Å². The van der Waals surface area contributed by atoms with Crippen LogP contribution in [0.4, 0.5) is 11.4 Å². The average Bonchev–Trinajstić information content (AvgIpc) is 2.48. The Labute approximate surface area is 139 Å². The zero-order valence-electron chi connectivity index (χ0n) is 12.5. The molecule has 1 N–H and O–H groups in total. The van der Waals surface area contributed by atoms with Crippen molar-refractivity contribution in [3.63, 3.8) is 0 Å². The number of anilines is 1. The summed E-state index contributed by atoms with van der Waals surface area (Å²) in [6.07, 6.45) is 0. The van der Waals surface area contributed by atoms with Gasteiger partial charge in [0.15, 0.2) is 5.69 Å². The number of carbonyl (C=O) groups excluding carboxylic acids is 1. The van der Waals surface area contributed by atoms with Crippen molar-refractivity contribution in [3.05, 3.63) is 59.1 Å². The predicted molar refractivity (Wildman–Crippen MR) is 89.2 cm³/mol. The zero-order valence-corrected chi connectivity index (χ0v) is 14.1. The highest BCUT2D eigenvalue weighted by atomic mass is 35.5. The first kappa shape index (κ1) is 17.4. The molecular formula is C15H15ClN2O4S. The van der Waals surface area contributed by atoms with E-state index in [0.717, 1.165) is 0 Å². The van der Waals surface area contributed by atoms with Crippen molar-refractivity contribution in [2.24, 2.45) is 0 Å². The number of hydrogen-bond acceptors (Lipinski definition) is 4. The molecule has 1 amide bonds. The summed E-state index contributed by atoms with van der Waals surface area (Å²) in [6.45, 7) is 0. The fraction of sp³-hybridized carbons (Fsp3) is 0.133. The van der Waals surface area contributed by atoms with Crippen LogP contribution in [-0.4, -0.2) is 33.0 Å². The number of para-hydroxylation sites is 1. The monoisotopic (exact) mass is 354 g/mol. The molecule has 0 bridgehead atoms. The molecule has 0 radical (unpaired) electrons. The first-order valence-electron chi connectivity index (χ1n) is 6.59. The van der Waals surface area contributed by atoms with Crippen LogP contribution >= 0.6 is 11.6 Å². The second-order valence-corrected chi connectivity index (χ2v) is 7.46. The summed E-state index contributed by atoms with van der Waals surface area (Å²) in [6, 6.07) is 12.5. The number of quaternary nitrogens is 1. The van der Waals surface area contributed by atoms with E-state index in [2.05, 4.69) is 5.32 Å². The minimum absolute atomic E-state index is 0.0916. The average molecular weight is 355 g/mol. The van der Waals surface area contributed by atoms with E-state index in [9.17, 15) is 17.8 Å². The topological polar surface area (TPSA) is 86.3 Å². The van der Waals surface area contributed by atoms with Gasteiger partial charge in [0, 0.05) is 16.8 Å². The summed E-state index contributed by atoms with van der Waals surface area (Å²) in [7, 11) is -2.26. The largest absolute Gasteiger partial charge is 0.701 e. The number of amides is 1. The molecule has 0 heterocycles. The maximum atomic E-state index is 12.4. The van der Waals surface area contributed by atoms with Gasteiger partial charge in [-0.2, -0.15) is 8.42 Å². The van der Waals surface area contributed by atoms with Crippen molar-refractivity contribution in [3.8, 4) is 0 Å². The summed E-state index contributed by atoms with van der Waals surface area (Å²) in [5.74, 6) is -0.516. The first-order valence-corrected chi connectivity index (χ1v) is 8.34. The molecule has 0 saturated carbocycles. The van der Waals surface area contributed by atoms with Crippen molar-refractivity contribution in [2.75, 3.05) is 19.4 Å². The van der Waals surface area contributed by atoms with Crippen LogP contribution in [-0.2, 0) is 10.3 Å². The first-order chi connectivity index (χ1) is 10.6. The van der Waals surface area contributed by atoms with Gasteiger partial charge in [0.25, 0.3) is 16.2 Å². The second kappa shape index (κ2) is 6.29. The van der Waals surface area contributed by atoms with Gasteiger partial charge in [-0.3, -0.25) is 4.79 Å². The second-order valence-electron chi connectivity index (χ2n) is 5.26. The van der Waals surface area contributed by atoms with E-state index in [1.54, 1.807) is 36.4 Å². The Hall–Kier alpha value is -1.93. The summed E-state index contributed by atoms with van der Waals surface area (Å²) >= 11 is 5.78. The van der Waals surface area contributed by atoms with Crippen LogP contribution in [0, 0.1) is 0 Å². The van der Waals surface area contributed by atoms with Gasteiger partial charge in [0.05, 0.1) is 14.1 Å². The van der Waals surface area contributed by atoms with Gasteiger partial charge in [-0.25, -0.2) is 3.89 Å². The SMILES string of the molecule is C[N+](C)(c1ccccc1C(=O)Nc1ccc(Cl)cc1)S(=O)(=O)[O-]. The summed E-state index contributed by atoms with van der Waals surface area (Å²) in [5.41, 5.74) is 0.699. The number of hydrogen-bond donors (Lipinski definition) is 1. The molecule has 0 spiro atoms. The molecule has 8 heteroatoms. The number of halogens is 1. The van der Waals surface area contributed by atoms with E-state index in [1.807, 2.05) is 0 Å². The summed E-state index contributed by atoms with van der Waals surface area (Å²) < 4.78 is 33.5. The normalized spacial score (nSPS) is 12.0. The van der Waals surface area contributed by atoms with Crippen LogP contribution in [0.1, 0.15) is 10.4 Å². The minimum atomic E-state index is -4.70.